The molecule has 1 aromatic rings. The first kappa shape index (κ1) is 16.2. The number of ether oxygens (including phenoxy) is 3. The number of benzene rings is 1. The van der Waals surface area contributed by atoms with Gasteiger partial charge in [-0.2, -0.15) is 0 Å². The van der Waals surface area contributed by atoms with Gasteiger partial charge in [0.15, 0.2) is 11.5 Å². The molecular weight excluding hydrogens is 304 g/mol. The van der Waals surface area contributed by atoms with Crippen molar-refractivity contribution in [3.8, 4) is 11.5 Å². The van der Waals surface area contributed by atoms with Crippen molar-refractivity contribution < 1.29 is 23.0 Å². The lowest BCUT2D eigenvalue weighted by Crippen LogP contribution is -2.52. The van der Waals surface area contributed by atoms with E-state index in [9.17, 15) is 8.78 Å². The van der Waals surface area contributed by atoms with Crippen LogP contribution in [0.1, 0.15) is 30.4 Å². The van der Waals surface area contributed by atoms with Gasteiger partial charge in [-0.25, -0.2) is 8.78 Å². The summed E-state index contributed by atoms with van der Waals surface area (Å²) in [6.45, 7) is 1.14. The van der Waals surface area contributed by atoms with Crippen LogP contribution in [0.3, 0.4) is 0 Å². The zero-order chi connectivity index (χ0) is 16.5. The van der Waals surface area contributed by atoms with Crippen LogP contribution < -0.4 is 9.47 Å². The third-order valence-corrected chi connectivity index (χ3v) is 4.35. The van der Waals surface area contributed by atoms with E-state index >= 15 is 0 Å². The predicted octanol–water partition coefficient (Wildman–Crippen LogP) is 3.25. The highest BCUT2D eigenvalue weighted by atomic mass is 19.3. The van der Waals surface area contributed by atoms with Crippen molar-refractivity contribution in [3.05, 3.63) is 23.3 Å². The van der Waals surface area contributed by atoms with Crippen molar-refractivity contribution >= 4 is 6.21 Å². The summed E-state index contributed by atoms with van der Waals surface area (Å²) in [5, 5.41) is 0. The van der Waals surface area contributed by atoms with Crippen LogP contribution in [-0.4, -0.2) is 45.1 Å². The normalized spacial score (nSPS) is 20.0. The molecule has 1 fully saturated rings. The fourth-order valence-electron chi connectivity index (χ4n) is 3.28. The Morgan fingerprint density at radius 3 is 2.57 bits per heavy atom. The topological polar surface area (TPSA) is 40.0 Å². The standard InChI is InChI=1S/C17H21F2NO3/c1-21-4-3-5-23-15-6-12-8-16(10-17(18,19)11-16)20-9-13(12)7-14(15)22-2/h6-7,9H,3-5,8,10-11H2,1-2H3. The van der Waals surface area contributed by atoms with Crippen LogP contribution in [0.25, 0.3) is 0 Å². The third kappa shape index (κ3) is 3.32. The first-order valence-corrected chi connectivity index (χ1v) is 7.73. The van der Waals surface area contributed by atoms with Crippen LogP contribution in [-0.2, 0) is 11.2 Å². The fourth-order valence-corrected chi connectivity index (χ4v) is 3.28. The number of methoxy groups -OCH3 is 2. The van der Waals surface area contributed by atoms with Gasteiger partial charge >= 0.3 is 0 Å². The summed E-state index contributed by atoms with van der Waals surface area (Å²) in [6.07, 6.45) is 2.63. The Morgan fingerprint density at radius 2 is 1.91 bits per heavy atom. The van der Waals surface area contributed by atoms with E-state index < -0.39 is 11.5 Å². The Labute approximate surface area is 134 Å². The quantitative estimate of drug-likeness (QED) is 0.754. The zero-order valence-electron chi connectivity index (χ0n) is 13.4. The highest BCUT2D eigenvalue weighted by molar-refractivity contribution is 5.85. The van der Waals surface area contributed by atoms with Crippen molar-refractivity contribution in [2.24, 2.45) is 4.99 Å². The van der Waals surface area contributed by atoms with Crippen molar-refractivity contribution in [1.29, 1.82) is 0 Å². The number of rotatable bonds is 6. The summed E-state index contributed by atoms with van der Waals surface area (Å²) in [5.74, 6) is -1.32. The molecule has 6 heteroatoms. The number of alkyl halides is 2. The monoisotopic (exact) mass is 325 g/mol. The Hall–Kier alpha value is -1.69. The molecule has 0 saturated heterocycles. The SMILES string of the molecule is COCCCOc1cc2c(cc1OC)C=NC1(C2)CC(F)(F)C1. The molecule has 0 radical (unpaired) electrons. The average molecular weight is 325 g/mol. The second kappa shape index (κ2) is 6.07. The molecule has 1 heterocycles. The van der Waals surface area contributed by atoms with Gasteiger partial charge in [-0.15, -0.1) is 0 Å². The van der Waals surface area contributed by atoms with Gasteiger partial charge in [-0.05, 0) is 29.7 Å². The Balaban J connectivity index is 1.77. The van der Waals surface area contributed by atoms with E-state index in [1.54, 1.807) is 20.4 Å². The lowest BCUT2D eigenvalue weighted by atomic mass is 9.69. The van der Waals surface area contributed by atoms with E-state index in [-0.39, 0.29) is 12.8 Å². The van der Waals surface area contributed by atoms with Crippen molar-refractivity contribution in [2.75, 3.05) is 27.4 Å². The summed E-state index contributed by atoms with van der Waals surface area (Å²) in [6, 6.07) is 3.75. The summed E-state index contributed by atoms with van der Waals surface area (Å²) in [4.78, 5) is 4.38. The molecule has 0 bridgehead atoms. The van der Waals surface area contributed by atoms with Crippen molar-refractivity contribution in [3.63, 3.8) is 0 Å². The van der Waals surface area contributed by atoms with E-state index in [0.717, 1.165) is 17.5 Å². The Morgan fingerprint density at radius 1 is 1.13 bits per heavy atom. The maximum absolute atomic E-state index is 13.3. The lowest BCUT2D eigenvalue weighted by Gasteiger charge is -2.46. The van der Waals surface area contributed by atoms with Crippen LogP contribution in [0.15, 0.2) is 17.1 Å². The van der Waals surface area contributed by atoms with Gasteiger partial charge in [0.05, 0.1) is 19.3 Å². The molecule has 0 N–H and O–H groups in total. The molecule has 3 rings (SSSR count). The van der Waals surface area contributed by atoms with E-state index in [2.05, 4.69) is 4.99 Å². The number of fused-ring (bicyclic) bond motifs is 1. The maximum atomic E-state index is 13.3. The minimum Gasteiger partial charge on any atom is -0.493 e. The molecule has 1 saturated carbocycles. The van der Waals surface area contributed by atoms with E-state index in [1.165, 1.54) is 0 Å². The van der Waals surface area contributed by atoms with E-state index in [4.69, 9.17) is 14.2 Å². The van der Waals surface area contributed by atoms with Crippen molar-refractivity contribution in [2.45, 2.75) is 37.1 Å². The first-order valence-electron chi connectivity index (χ1n) is 7.73. The molecular formula is C17H21F2NO3. The number of nitrogens with zero attached hydrogens (tertiary/aromatic N) is 1. The van der Waals surface area contributed by atoms with E-state index in [1.807, 2.05) is 12.1 Å². The molecule has 4 nitrogen and oxygen atoms in total. The summed E-state index contributed by atoms with van der Waals surface area (Å²) >= 11 is 0. The number of halogens is 2. The molecule has 0 amide bonds. The molecule has 1 aliphatic heterocycles. The van der Waals surface area contributed by atoms with Gasteiger partial charge in [-0.1, -0.05) is 0 Å². The van der Waals surface area contributed by atoms with Crippen LogP contribution in [0.5, 0.6) is 11.5 Å². The van der Waals surface area contributed by atoms with Gasteiger partial charge in [0.2, 0.25) is 0 Å². The molecule has 2 aliphatic rings. The van der Waals surface area contributed by atoms with E-state index in [0.29, 0.717) is 31.1 Å². The Kier molecular flexibility index (Phi) is 4.27. The molecule has 0 unspecified atom stereocenters. The minimum atomic E-state index is -2.58. The first-order chi connectivity index (χ1) is 11.0. The zero-order valence-corrected chi connectivity index (χ0v) is 13.4. The highest BCUT2D eigenvalue weighted by Gasteiger charge is 2.57. The summed E-state index contributed by atoms with van der Waals surface area (Å²) in [5.41, 5.74) is 1.25. The smallest absolute Gasteiger partial charge is 0.252 e. The molecule has 0 atom stereocenters. The summed E-state index contributed by atoms with van der Waals surface area (Å²) < 4.78 is 42.6. The highest BCUT2D eigenvalue weighted by Crippen LogP contribution is 2.51. The largest absolute Gasteiger partial charge is 0.493 e. The Bertz CT molecular complexity index is 608. The van der Waals surface area contributed by atoms with Gasteiger partial charge in [0.25, 0.3) is 5.92 Å². The van der Waals surface area contributed by atoms with Gasteiger partial charge < -0.3 is 14.2 Å². The van der Waals surface area contributed by atoms with Crippen LogP contribution in [0, 0.1) is 0 Å². The molecule has 1 aliphatic carbocycles. The number of aliphatic imine (C=N–C) groups is 1. The summed E-state index contributed by atoms with van der Waals surface area (Å²) in [7, 11) is 3.23. The third-order valence-electron chi connectivity index (χ3n) is 4.35. The van der Waals surface area contributed by atoms with Crippen LogP contribution >= 0.6 is 0 Å². The predicted molar refractivity (Wildman–Crippen MR) is 83.2 cm³/mol. The molecule has 126 valence electrons. The number of hydrogen-bond acceptors (Lipinski definition) is 4. The second-order valence-electron chi connectivity index (χ2n) is 6.27. The molecule has 1 spiro atoms. The van der Waals surface area contributed by atoms with Gasteiger partial charge in [0, 0.05) is 39.2 Å². The van der Waals surface area contributed by atoms with Crippen LogP contribution in [0.2, 0.25) is 0 Å². The second-order valence-corrected chi connectivity index (χ2v) is 6.27. The van der Waals surface area contributed by atoms with Gasteiger partial charge in [0.1, 0.15) is 0 Å². The maximum Gasteiger partial charge on any atom is 0.252 e. The molecule has 23 heavy (non-hydrogen) atoms. The molecule has 0 aromatic heterocycles. The van der Waals surface area contributed by atoms with Crippen LogP contribution in [0.4, 0.5) is 8.78 Å². The number of hydrogen-bond donors (Lipinski definition) is 0. The lowest BCUT2D eigenvalue weighted by molar-refractivity contribution is -0.121. The van der Waals surface area contributed by atoms with Gasteiger partial charge in [-0.3, -0.25) is 4.99 Å². The van der Waals surface area contributed by atoms with Crippen molar-refractivity contribution in [1.82, 2.24) is 0 Å². The fraction of sp³-hybridized carbons (Fsp3) is 0.588. The average Bonchev–Trinajstić information content (AvgIpc) is 2.48. The molecule has 1 aromatic carbocycles. The minimum absolute atomic E-state index is 0.175.